The second-order valence-corrected chi connectivity index (χ2v) is 6.15. The molecule has 15 heavy (non-hydrogen) atoms. The summed E-state index contributed by atoms with van der Waals surface area (Å²) >= 11 is 5.60. The number of carbonyl (C=O) groups excluding carboxylic acids is 2. The van der Waals surface area contributed by atoms with Crippen molar-refractivity contribution < 1.29 is 14.3 Å². The molecule has 0 radical (unpaired) electrons. The summed E-state index contributed by atoms with van der Waals surface area (Å²) in [6.45, 7) is 5.37. The van der Waals surface area contributed by atoms with E-state index in [1.807, 2.05) is 0 Å². The number of amides is 1. The van der Waals surface area contributed by atoms with Crippen molar-refractivity contribution in [2.45, 2.75) is 31.1 Å². The van der Waals surface area contributed by atoms with Gasteiger partial charge in [0.05, 0.1) is 5.75 Å². The molecule has 1 atom stereocenters. The minimum Gasteiger partial charge on any atom is -0.459 e. The van der Waals surface area contributed by atoms with Crippen LogP contribution in [-0.4, -0.2) is 39.4 Å². The van der Waals surface area contributed by atoms with Crippen molar-refractivity contribution in [1.29, 1.82) is 0 Å². The molecule has 0 aromatic rings. The number of hydrogen-bond donors (Lipinski definition) is 1. The van der Waals surface area contributed by atoms with Crippen LogP contribution in [0.3, 0.4) is 0 Å². The molecule has 1 aliphatic heterocycles. The molecule has 0 N–H and O–H groups in total. The first-order chi connectivity index (χ1) is 6.79. The Kier molecular flexibility index (Phi) is 3.94. The van der Waals surface area contributed by atoms with Crippen molar-refractivity contribution in [3.8, 4) is 0 Å². The number of thioether (sulfide) groups is 1. The molecule has 0 spiro atoms. The zero-order valence-corrected chi connectivity index (χ0v) is 10.7. The van der Waals surface area contributed by atoms with E-state index in [-0.39, 0.29) is 17.2 Å². The van der Waals surface area contributed by atoms with Gasteiger partial charge in [-0.25, -0.2) is 0 Å². The summed E-state index contributed by atoms with van der Waals surface area (Å²) in [5, 5.41) is 0. The van der Waals surface area contributed by atoms with Crippen LogP contribution in [0.15, 0.2) is 0 Å². The minimum absolute atomic E-state index is 0.0166. The van der Waals surface area contributed by atoms with Crippen LogP contribution in [0.4, 0.5) is 0 Å². The van der Waals surface area contributed by atoms with Crippen LogP contribution in [0.1, 0.15) is 20.8 Å². The molecule has 1 aliphatic rings. The van der Waals surface area contributed by atoms with Crippen LogP contribution in [-0.2, 0) is 14.3 Å². The number of ether oxygens (including phenoxy) is 1. The third-order valence-electron chi connectivity index (χ3n) is 1.66. The highest BCUT2D eigenvalue weighted by molar-refractivity contribution is 8.11. The number of esters is 1. The first kappa shape index (κ1) is 12.7. The SMILES string of the molecule is CC(C)(C)OC(=O)CN1C(=O)CSC1S. The van der Waals surface area contributed by atoms with Crippen molar-refractivity contribution in [2.75, 3.05) is 12.3 Å². The average Bonchev–Trinajstić information content (AvgIpc) is 2.32. The van der Waals surface area contributed by atoms with Crippen LogP contribution in [0.25, 0.3) is 0 Å². The van der Waals surface area contributed by atoms with Crippen molar-refractivity contribution in [2.24, 2.45) is 0 Å². The lowest BCUT2D eigenvalue weighted by molar-refractivity contribution is -0.158. The summed E-state index contributed by atoms with van der Waals surface area (Å²) < 4.78 is 4.89. The van der Waals surface area contributed by atoms with Crippen molar-refractivity contribution in [3.63, 3.8) is 0 Å². The molecule has 1 heterocycles. The molecule has 0 saturated carbocycles. The Morgan fingerprint density at radius 2 is 2.27 bits per heavy atom. The Labute approximate surface area is 99.1 Å². The normalized spacial score (nSPS) is 22.0. The summed E-state index contributed by atoms with van der Waals surface area (Å²) in [5.41, 5.74) is -0.515. The molecule has 0 aromatic carbocycles. The quantitative estimate of drug-likeness (QED) is 0.588. The summed E-state index contributed by atoms with van der Waals surface area (Å²) in [6, 6.07) is 0. The van der Waals surface area contributed by atoms with Crippen LogP contribution in [0.2, 0.25) is 0 Å². The van der Waals surface area contributed by atoms with Crippen LogP contribution in [0, 0.1) is 0 Å². The highest BCUT2D eigenvalue weighted by Crippen LogP contribution is 2.27. The average molecular weight is 249 g/mol. The maximum Gasteiger partial charge on any atom is 0.326 e. The number of hydrogen-bond acceptors (Lipinski definition) is 5. The molecule has 1 rings (SSSR count). The Morgan fingerprint density at radius 3 is 2.67 bits per heavy atom. The molecule has 1 amide bonds. The lowest BCUT2D eigenvalue weighted by Gasteiger charge is -2.23. The fraction of sp³-hybridized carbons (Fsp3) is 0.778. The van der Waals surface area contributed by atoms with Crippen LogP contribution in [0.5, 0.6) is 0 Å². The van der Waals surface area contributed by atoms with Gasteiger partial charge >= 0.3 is 5.97 Å². The van der Waals surface area contributed by atoms with E-state index in [2.05, 4.69) is 12.6 Å². The van der Waals surface area contributed by atoms with Gasteiger partial charge in [0.15, 0.2) is 0 Å². The standard InChI is InChI=1S/C9H15NO3S2/c1-9(2,3)13-7(12)4-10-6(11)5-15-8(10)14/h8,14H,4-5H2,1-3H3. The van der Waals surface area contributed by atoms with Crippen molar-refractivity contribution >= 4 is 36.3 Å². The van der Waals surface area contributed by atoms with E-state index in [0.717, 1.165) is 0 Å². The van der Waals surface area contributed by atoms with Gasteiger partial charge in [-0.05, 0) is 20.8 Å². The van der Waals surface area contributed by atoms with E-state index in [1.165, 1.54) is 16.7 Å². The van der Waals surface area contributed by atoms with Gasteiger partial charge in [0.1, 0.15) is 16.9 Å². The summed E-state index contributed by atoms with van der Waals surface area (Å²) in [5.74, 6) is -0.0694. The molecule has 1 saturated heterocycles. The van der Waals surface area contributed by atoms with Crippen LogP contribution < -0.4 is 0 Å². The van der Waals surface area contributed by atoms with E-state index in [1.54, 1.807) is 20.8 Å². The molecule has 4 nitrogen and oxygen atoms in total. The van der Waals surface area contributed by atoms with E-state index >= 15 is 0 Å². The summed E-state index contributed by atoms with van der Waals surface area (Å²) in [6.07, 6.45) is 0. The van der Waals surface area contributed by atoms with Gasteiger partial charge in [0, 0.05) is 0 Å². The van der Waals surface area contributed by atoms with Crippen LogP contribution >= 0.6 is 24.4 Å². The predicted octanol–water partition coefficient (Wildman–Crippen LogP) is 1.12. The fourth-order valence-electron chi connectivity index (χ4n) is 1.12. The van der Waals surface area contributed by atoms with Gasteiger partial charge in [-0.1, -0.05) is 0 Å². The molecule has 0 aromatic heterocycles. The molecule has 0 aliphatic carbocycles. The Balaban J connectivity index is 2.48. The van der Waals surface area contributed by atoms with Gasteiger partial charge < -0.3 is 9.64 Å². The molecule has 86 valence electrons. The van der Waals surface area contributed by atoms with E-state index < -0.39 is 11.6 Å². The molecule has 6 heteroatoms. The van der Waals surface area contributed by atoms with Gasteiger partial charge in [0.25, 0.3) is 0 Å². The maximum absolute atomic E-state index is 11.4. The number of rotatable bonds is 2. The van der Waals surface area contributed by atoms with E-state index in [0.29, 0.717) is 5.75 Å². The highest BCUT2D eigenvalue weighted by Gasteiger charge is 2.31. The van der Waals surface area contributed by atoms with Crippen molar-refractivity contribution in [1.82, 2.24) is 4.90 Å². The minimum atomic E-state index is -0.515. The van der Waals surface area contributed by atoms with E-state index in [9.17, 15) is 9.59 Å². The molecular formula is C9H15NO3S2. The highest BCUT2D eigenvalue weighted by atomic mass is 32.2. The Hall–Kier alpha value is -0.360. The maximum atomic E-state index is 11.4. The molecule has 1 fully saturated rings. The Morgan fingerprint density at radius 1 is 1.67 bits per heavy atom. The summed E-state index contributed by atoms with van der Waals surface area (Å²) in [4.78, 5) is 24.2. The van der Waals surface area contributed by atoms with E-state index in [4.69, 9.17) is 4.74 Å². The topological polar surface area (TPSA) is 46.6 Å². The lowest BCUT2D eigenvalue weighted by atomic mass is 10.2. The number of carbonyl (C=O) groups is 2. The first-order valence-corrected chi connectivity index (χ1v) is 6.17. The predicted molar refractivity (Wildman–Crippen MR) is 62.8 cm³/mol. The zero-order chi connectivity index (χ0) is 11.6. The van der Waals surface area contributed by atoms with Gasteiger partial charge in [-0.15, -0.1) is 24.4 Å². The third-order valence-corrected chi connectivity index (χ3v) is 3.35. The monoisotopic (exact) mass is 249 g/mol. The second kappa shape index (κ2) is 4.65. The molecule has 1 unspecified atom stereocenters. The van der Waals surface area contributed by atoms with Gasteiger partial charge in [-0.3, -0.25) is 9.59 Å². The lowest BCUT2D eigenvalue weighted by Crippen LogP contribution is -2.38. The van der Waals surface area contributed by atoms with Crippen molar-refractivity contribution in [3.05, 3.63) is 0 Å². The molecular weight excluding hydrogens is 234 g/mol. The largest absolute Gasteiger partial charge is 0.459 e. The number of thiol groups is 1. The smallest absolute Gasteiger partial charge is 0.326 e. The number of nitrogens with zero attached hydrogens (tertiary/aromatic N) is 1. The van der Waals surface area contributed by atoms with Gasteiger partial charge in [0.2, 0.25) is 5.91 Å². The van der Waals surface area contributed by atoms with Gasteiger partial charge in [-0.2, -0.15) is 0 Å². The second-order valence-electron chi connectivity index (χ2n) is 4.25. The first-order valence-electron chi connectivity index (χ1n) is 4.60. The zero-order valence-electron chi connectivity index (χ0n) is 9.02. The third kappa shape index (κ3) is 3.95. The summed E-state index contributed by atoms with van der Waals surface area (Å²) in [7, 11) is 0. The molecule has 0 bridgehead atoms. The Bertz CT molecular complexity index is 275. The fourth-order valence-corrected chi connectivity index (χ4v) is 2.38.